The van der Waals surface area contributed by atoms with Gasteiger partial charge in [-0.2, -0.15) is 10.2 Å². The Balaban J connectivity index is 1.66. The second kappa shape index (κ2) is 7.78. The van der Waals surface area contributed by atoms with E-state index in [2.05, 4.69) is 31.4 Å². The zero-order valence-electron chi connectivity index (χ0n) is 12.6. The quantitative estimate of drug-likeness (QED) is 0.742. The number of aromatic nitrogens is 4. The van der Waals surface area contributed by atoms with Gasteiger partial charge >= 0.3 is 0 Å². The third kappa shape index (κ3) is 4.58. The molecule has 0 aliphatic rings. The molecule has 2 aromatic rings. The molecule has 2 rings (SSSR count). The minimum absolute atomic E-state index is 0.0188. The summed E-state index contributed by atoms with van der Waals surface area (Å²) in [4.78, 5) is 11.8. The van der Waals surface area contributed by atoms with Gasteiger partial charge in [0.25, 0.3) is 0 Å². The molecule has 0 saturated carbocycles. The van der Waals surface area contributed by atoms with Crippen LogP contribution in [-0.2, 0) is 17.9 Å². The summed E-state index contributed by atoms with van der Waals surface area (Å²) >= 11 is 9.43. The van der Waals surface area contributed by atoms with Gasteiger partial charge in [0.1, 0.15) is 0 Å². The van der Waals surface area contributed by atoms with Crippen molar-refractivity contribution in [1.82, 2.24) is 24.9 Å². The number of halogens is 2. The minimum Gasteiger partial charge on any atom is -0.356 e. The van der Waals surface area contributed by atoms with Crippen molar-refractivity contribution in [2.45, 2.75) is 39.8 Å². The van der Waals surface area contributed by atoms with Crippen LogP contribution in [0.2, 0.25) is 5.02 Å². The number of carbonyl (C=O) groups excluding carboxylic acids is 1. The average molecular weight is 389 g/mol. The summed E-state index contributed by atoms with van der Waals surface area (Å²) in [5.41, 5.74) is 1.70. The van der Waals surface area contributed by atoms with Crippen molar-refractivity contribution in [3.05, 3.63) is 33.3 Å². The predicted octanol–water partition coefficient (Wildman–Crippen LogP) is 2.71. The zero-order chi connectivity index (χ0) is 16.1. The molecular formula is C14H19BrClN5O. The average Bonchev–Trinajstić information content (AvgIpc) is 3.00. The summed E-state index contributed by atoms with van der Waals surface area (Å²) in [6, 6.07) is 0. The third-order valence-corrected chi connectivity index (χ3v) is 4.29. The van der Waals surface area contributed by atoms with Gasteiger partial charge < -0.3 is 5.32 Å². The first-order chi connectivity index (χ1) is 10.5. The van der Waals surface area contributed by atoms with Gasteiger partial charge in [0.2, 0.25) is 5.91 Å². The van der Waals surface area contributed by atoms with E-state index in [0.29, 0.717) is 24.5 Å². The fraction of sp³-hybridized carbons (Fsp3) is 0.500. The maximum Gasteiger partial charge on any atom is 0.221 e. The van der Waals surface area contributed by atoms with E-state index < -0.39 is 0 Å². The zero-order valence-corrected chi connectivity index (χ0v) is 15.0. The molecule has 0 unspecified atom stereocenters. The molecule has 8 heteroatoms. The molecule has 0 aliphatic heterocycles. The van der Waals surface area contributed by atoms with Gasteiger partial charge in [0.05, 0.1) is 33.6 Å². The highest BCUT2D eigenvalue weighted by atomic mass is 79.9. The second-order valence-corrected chi connectivity index (χ2v) is 6.38. The SMILES string of the molecule is Cc1nn(CCC(=O)NCCCn2cc(Br)cn2)c(C)c1Cl. The fourth-order valence-electron chi connectivity index (χ4n) is 2.12. The molecule has 0 saturated heterocycles. The van der Waals surface area contributed by atoms with Crippen LogP contribution in [0.4, 0.5) is 0 Å². The standard InChI is InChI=1S/C14H19BrClN5O/c1-10-14(16)11(2)21(19-10)7-4-13(22)17-5-3-6-20-9-12(15)8-18-20/h8-9H,3-7H2,1-2H3,(H,17,22). The van der Waals surface area contributed by atoms with Gasteiger partial charge in [-0.1, -0.05) is 11.6 Å². The van der Waals surface area contributed by atoms with Gasteiger partial charge in [0.15, 0.2) is 0 Å². The molecule has 22 heavy (non-hydrogen) atoms. The number of hydrogen-bond donors (Lipinski definition) is 1. The minimum atomic E-state index is 0.0188. The summed E-state index contributed by atoms with van der Waals surface area (Å²) < 4.78 is 4.58. The molecule has 0 aliphatic carbocycles. The van der Waals surface area contributed by atoms with E-state index in [0.717, 1.165) is 28.8 Å². The predicted molar refractivity (Wildman–Crippen MR) is 88.9 cm³/mol. The van der Waals surface area contributed by atoms with Crippen molar-refractivity contribution in [2.75, 3.05) is 6.54 Å². The number of carbonyl (C=O) groups is 1. The molecule has 1 N–H and O–H groups in total. The van der Waals surface area contributed by atoms with Crippen LogP contribution >= 0.6 is 27.5 Å². The Kier molecular flexibility index (Phi) is 6.02. The number of amides is 1. The van der Waals surface area contributed by atoms with Crippen LogP contribution in [0.3, 0.4) is 0 Å². The molecule has 120 valence electrons. The lowest BCUT2D eigenvalue weighted by atomic mass is 10.3. The summed E-state index contributed by atoms with van der Waals surface area (Å²) in [6.07, 6.45) is 4.89. The van der Waals surface area contributed by atoms with Crippen molar-refractivity contribution in [3.8, 4) is 0 Å². The molecule has 0 atom stereocenters. The van der Waals surface area contributed by atoms with Crippen LogP contribution in [0, 0.1) is 13.8 Å². The molecular weight excluding hydrogens is 370 g/mol. The number of hydrogen-bond acceptors (Lipinski definition) is 3. The monoisotopic (exact) mass is 387 g/mol. The van der Waals surface area contributed by atoms with Crippen LogP contribution in [0.25, 0.3) is 0 Å². The van der Waals surface area contributed by atoms with E-state index in [1.54, 1.807) is 10.9 Å². The lowest BCUT2D eigenvalue weighted by molar-refractivity contribution is -0.121. The Bertz CT molecular complexity index is 652. The molecule has 0 spiro atoms. The van der Waals surface area contributed by atoms with Crippen LogP contribution in [-0.4, -0.2) is 32.0 Å². The molecule has 1 amide bonds. The second-order valence-electron chi connectivity index (χ2n) is 5.08. The Morgan fingerprint density at radius 3 is 2.77 bits per heavy atom. The third-order valence-electron chi connectivity index (χ3n) is 3.33. The van der Waals surface area contributed by atoms with E-state index >= 15 is 0 Å². The number of aryl methyl sites for hydroxylation is 3. The largest absolute Gasteiger partial charge is 0.356 e. The van der Waals surface area contributed by atoms with Crippen molar-refractivity contribution >= 4 is 33.4 Å². The summed E-state index contributed by atoms with van der Waals surface area (Å²) in [5.74, 6) is 0.0188. The smallest absolute Gasteiger partial charge is 0.221 e. The normalized spacial score (nSPS) is 10.9. The van der Waals surface area contributed by atoms with Crippen molar-refractivity contribution in [3.63, 3.8) is 0 Å². The molecule has 6 nitrogen and oxygen atoms in total. The Morgan fingerprint density at radius 2 is 2.18 bits per heavy atom. The first-order valence-corrected chi connectivity index (χ1v) is 8.28. The van der Waals surface area contributed by atoms with E-state index in [9.17, 15) is 4.79 Å². The lowest BCUT2D eigenvalue weighted by Gasteiger charge is -2.07. The number of nitrogens with zero attached hydrogens (tertiary/aromatic N) is 4. The van der Waals surface area contributed by atoms with Crippen molar-refractivity contribution in [2.24, 2.45) is 0 Å². The first-order valence-electron chi connectivity index (χ1n) is 7.11. The lowest BCUT2D eigenvalue weighted by Crippen LogP contribution is -2.26. The summed E-state index contributed by atoms with van der Waals surface area (Å²) in [7, 11) is 0. The Hall–Kier alpha value is -1.34. The van der Waals surface area contributed by atoms with E-state index in [-0.39, 0.29) is 5.91 Å². The highest BCUT2D eigenvalue weighted by molar-refractivity contribution is 9.10. The van der Waals surface area contributed by atoms with E-state index in [4.69, 9.17) is 11.6 Å². The number of nitrogens with one attached hydrogen (secondary N) is 1. The summed E-state index contributed by atoms with van der Waals surface area (Å²) in [5, 5.41) is 12.0. The molecule has 0 bridgehead atoms. The van der Waals surface area contributed by atoms with E-state index in [1.165, 1.54) is 0 Å². The maximum atomic E-state index is 11.8. The van der Waals surface area contributed by atoms with Gasteiger partial charge in [-0.15, -0.1) is 0 Å². The number of rotatable bonds is 7. The van der Waals surface area contributed by atoms with Gasteiger partial charge in [0, 0.05) is 25.7 Å². The topological polar surface area (TPSA) is 64.7 Å². The van der Waals surface area contributed by atoms with Crippen LogP contribution < -0.4 is 5.32 Å². The molecule has 2 aromatic heterocycles. The molecule has 0 radical (unpaired) electrons. The Morgan fingerprint density at radius 1 is 1.41 bits per heavy atom. The highest BCUT2D eigenvalue weighted by Gasteiger charge is 2.10. The summed E-state index contributed by atoms with van der Waals surface area (Å²) in [6.45, 7) is 5.71. The fourth-order valence-corrected chi connectivity index (χ4v) is 2.58. The highest BCUT2D eigenvalue weighted by Crippen LogP contribution is 2.18. The van der Waals surface area contributed by atoms with Gasteiger partial charge in [-0.3, -0.25) is 14.2 Å². The van der Waals surface area contributed by atoms with Gasteiger partial charge in [-0.05, 0) is 36.2 Å². The van der Waals surface area contributed by atoms with Crippen molar-refractivity contribution in [1.29, 1.82) is 0 Å². The van der Waals surface area contributed by atoms with Crippen LogP contribution in [0.5, 0.6) is 0 Å². The van der Waals surface area contributed by atoms with Crippen LogP contribution in [0.1, 0.15) is 24.2 Å². The van der Waals surface area contributed by atoms with Crippen LogP contribution in [0.15, 0.2) is 16.9 Å². The Labute approximate surface area is 143 Å². The van der Waals surface area contributed by atoms with Crippen molar-refractivity contribution < 1.29 is 4.79 Å². The molecule has 0 fully saturated rings. The van der Waals surface area contributed by atoms with E-state index in [1.807, 2.05) is 24.7 Å². The van der Waals surface area contributed by atoms with Gasteiger partial charge in [-0.25, -0.2) is 0 Å². The molecule has 0 aromatic carbocycles. The molecule has 2 heterocycles. The first kappa shape index (κ1) is 17.0. The maximum absolute atomic E-state index is 11.8.